The fourth-order valence-corrected chi connectivity index (χ4v) is 3.30. The normalized spacial score (nSPS) is 12.0. The maximum absolute atomic E-state index is 12.1. The Bertz CT molecular complexity index is 419. The van der Waals surface area contributed by atoms with E-state index in [2.05, 4.69) is 13.0 Å². The van der Waals surface area contributed by atoms with Crippen molar-refractivity contribution in [3.05, 3.63) is 22.4 Å². The fraction of sp³-hybridized carbons (Fsp3) is 0.667. The van der Waals surface area contributed by atoms with Gasteiger partial charge >= 0.3 is 0 Å². The van der Waals surface area contributed by atoms with Crippen molar-refractivity contribution >= 4 is 17.1 Å². The molecule has 1 atom stereocenters. The van der Waals surface area contributed by atoms with Crippen LogP contribution in [0.5, 0.6) is 0 Å². The Morgan fingerprint density at radius 1 is 1.14 bits per heavy atom. The second-order valence-electron chi connectivity index (χ2n) is 5.62. The first-order valence-electron chi connectivity index (χ1n) is 8.25. The van der Waals surface area contributed by atoms with Crippen molar-refractivity contribution in [3.63, 3.8) is 0 Å². The molecule has 0 radical (unpaired) electrons. The highest BCUT2D eigenvalue weighted by Gasteiger charge is 2.20. The number of ketones is 1. The van der Waals surface area contributed by atoms with Gasteiger partial charge in [0.1, 0.15) is 5.92 Å². The van der Waals surface area contributed by atoms with Crippen LogP contribution >= 0.6 is 11.3 Å². The lowest BCUT2D eigenvalue weighted by atomic mass is 9.98. The first-order chi connectivity index (χ1) is 10.3. The van der Waals surface area contributed by atoms with Gasteiger partial charge in [-0.05, 0) is 17.9 Å². The summed E-state index contributed by atoms with van der Waals surface area (Å²) in [7, 11) is 0. The number of unbranched alkanes of at least 4 members (excludes halogenated alkanes) is 8. The maximum Gasteiger partial charge on any atom is 0.155 e. The summed E-state index contributed by atoms with van der Waals surface area (Å²) in [6.07, 6.45) is 11.8. The lowest BCUT2D eigenvalue weighted by Gasteiger charge is -2.06. The van der Waals surface area contributed by atoms with Crippen molar-refractivity contribution in [3.8, 4) is 6.07 Å². The minimum atomic E-state index is -0.543. The molecule has 0 aliphatic carbocycles. The van der Waals surface area contributed by atoms with E-state index in [-0.39, 0.29) is 5.78 Å². The van der Waals surface area contributed by atoms with Crippen LogP contribution in [0.15, 0.2) is 17.5 Å². The number of nitriles is 1. The Labute approximate surface area is 133 Å². The molecule has 0 bridgehead atoms. The van der Waals surface area contributed by atoms with Crippen LogP contribution in [0.1, 0.15) is 81.9 Å². The first-order valence-corrected chi connectivity index (χ1v) is 9.13. The highest BCUT2D eigenvalue weighted by Crippen LogP contribution is 2.23. The lowest BCUT2D eigenvalue weighted by molar-refractivity contribution is -0.119. The molecule has 1 unspecified atom stereocenters. The molecule has 1 aromatic heterocycles. The summed E-state index contributed by atoms with van der Waals surface area (Å²) >= 11 is 1.50. The molecule has 0 saturated heterocycles. The van der Waals surface area contributed by atoms with Crippen LogP contribution in [0.3, 0.4) is 0 Å². The standard InChI is InChI=1S/C18H27NOS/c1-2-3-4-5-6-7-8-9-10-12-17(20)16(15-19)18-13-11-14-21-18/h11,13-14,16H,2-10,12H2,1H3. The number of hydrogen-bond donors (Lipinski definition) is 0. The molecule has 21 heavy (non-hydrogen) atoms. The Morgan fingerprint density at radius 3 is 2.29 bits per heavy atom. The Kier molecular flexibility index (Phi) is 9.82. The predicted octanol–water partition coefficient (Wildman–Crippen LogP) is 5.85. The van der Waals surface area contributed by atoms with Gasteiger partial charge in [0.25, 0.3) is 0 Å². The van der Waals surface area contributed by atoms with Gasteiger partial charge in [-0.25, -0.2) is 0 Å². The predicted molar refractivity (Wildman–Crippen MR) is 89.5 cm³/mol. The number of carbonyl (C=O) groups is 1. The van der Waals surface area contributed by atoms with E-state index in [4.69, 9.17) is 5.26 Å². The third kappa shape index (κ3) is 7.43. The first kappa shape index (κ1) is 17.9. The highest BCUT2D eigenvalue weighted by molar-refractivity contribution is 7.10. The minimum absolute atomic E-state index is 0.0860. The monoisotopic (exact) mass is 305 g/mol. The van der Waals surface area contributed by atoms with E-state index in [0.29, 0.717) is 6.42 Å². The second-order valence-corrected chi connectivity index (χ2v) is 6.60. The van der Waals surface area contributed by atoms with Gasteiger partial charge in [-0.2, -0.15) is 5.26 Å². The lowest BCUT2D eigenvalue weighted by Crippen LogP contribution is -2.09. The number of thiophene rings is 1. The average molecular weight is 305 g/mol. The van der Waals surface area contributed by atoms with Crippen LogP contribution < -0.4 is 0 Å². The van der Waals surface area contributed by atoms with Gasteiger partial charge in [-0.15, -0.1) is 11.3 Å². The summed E-state index contributed by atoms with van der Waals surface area (Å²) in [5.41, 5.74) is 0. The highest BCUT2D eigenvalue weighted by atomic mass is 32.1. The summed E-state index contributed by atoms with van der Waals surface area (Å²) in [5.74, 6) is -0.457. The molecular weight excluding hydrogens is 278 g/mol. The van der Waals surface area contributed by atoms with Gasteiger partial charge in [0.2, 0.25) is 0 Å². The third-order valence-electron chi connectivity index (χ3n) is 3.81. The summed E-state index contributed by atoms with van der Waals surface area (Å²) in [4.78, 5) is 13.0. The maximum atomic E-state index is 12.1. The Hall–Kier alpha value is -1.14. The molecule has 0 amide bonds. The van der Waals surface area contributed by atoms with Crippen LogP contribution in [0, 0.1) is 11.3 Å². The van der Waals surface area contributed by atoms with Gasteiger partial charge in [-0.1, -0.05) is 64.4 Å². The number of carbonyl (C=O) groups excluding carboxylic acids is 1. The van der Waals surface area contributed by atoms with Crippen molar-refractivity contribution in [2.45, 2.75) is 77.0 Å². The van der Waals surface area contributed by atoms with Crippen LogP contribution in [0.2, 0.25) is 0 Å². The van der Waals surface area contributed by atoms with Gasteiger partial charge in [0.15, 0.2) is 5.78 Å². The molecule has 3 heteroatoms. The topological polar surface area (TPSA) is 40.9 Å². The number of nitrogens with zero attached hydrogens (tertiary/aromatic N) is 1. The van der Waals surface area contributed by atoms with E-state index in [1.807, 2.05) is 17.5 Å². The number of rotatable bonds is 12. The molecule has 0 aromatic carbocycles. The zero-order chi connectivity index (χ0) is 15.3. The van der Waals surface area contributed by atoms with Crippen LogP contribution in [0.25, 0.3) is 0 Å². The van der Waals surface area contributed by atoms with E-state index >= 15 is 0 Å². The van der Waals surface area contributed by atoms with E-state index in [1.165, 1.54) is 56.3 Å². The SMILES string of the molecule is CCCCCCCCCCCC(=O)C(C#N)c1cccs1. The number of Topliss-reactive ketones (excluding diaryl/α,β-unsaturated/α-hetero) is 1. The largest absolute Gasteiger partial charge is 0.298 e. The third-order valence-corrected chi connectivity index (χ3v) is 4.74. The minimum Gasteiger partial charge on any atom is -0.298 e. The van der Waals surface area contributed by atoms with Gasteiger partial charge in [-0.3, -0.25) is 4.79 Å². The van der Waals surface area contributed by atoms with E-state index in [1.54, 1.807) is 0 Å². The van der Waals surface area contributed by atoms with Crippen molar-refractivity contribution in [2.24, 2.45) is 0 Å². The summed E-state index contributed by atoms with van der Waals surface area (Å²) in [6, 6.07) is 5.93. The average Bonchev–Trinajstić information content (AvgIpc) is 3.00. The zero-order valence-electron chi connectivity index (χ0n) is 13.1. The van der Waals surface area contributed by atoms with Crippen molar-refractivity contribution in [1.29, 1.82) is 5.26 Å². The van der Waals surface area contributed by atoms with Gasteiger partial charge < -0.3 is 0 Å². The molecule has 116 valence electrons. The van der Waals surface area contributed by atoms with E-state index < -0.39 is 5.92 Å². The van der Waals surface area contributed by atoms with Gasteiger partial charge in [0.05, 0.1) is 6.07 Å². The Balaban J connectivity index is 2.07. The summed E-state index contributed by atoms with van der Waals surface area (Å²) in [6.45, 7) is 2.24. The van der Waals surface area contributed by atoms with Crippen LogP contribution in [-0.2, 0) is 4.79 Å². The summed E-state index contributed by atoms with van der Waals surface area (Å²) < 4.78 is 0. The molecule has 1 rings (SSSR count). The number of hydrogen-bond acceptors (Lipinski definition) is 3. The molecule has 0 N–H and O–H groups in total. The quantitative estimate of drug-likeness (QED) is 0.455. The molecule has 1 heterocycles. The van der Waals surface area contributed by atoms with Crippen molar-refractivity contribution in [1.82, 2.24) is 0 Å². The molecule has 0 aliphatic heterocycles. The molecule has 0 aliphatic rings. The molecule has 0 saturated carbocycles. The van der Waals surface area contributed by atoms with Crippen LogP contribution in [0.4, 0.5) is 0 Å². The van der Waals surface area contributed by atoms with E-state index in [0.717, 1.165) is 17.7 Å². The molecule has 2 nitrogen and oxygen atoms in total. The second kappa shape index (κ2) is 11.5. The molecule has 0 fully saturated rings. The zero-order valence-corrected chi connectivity index (χ0v) is 14.0. The molecular formula is C18H27NOS. The van der Waals surface area contributed by atoms with Crippen molar-refractivity contribution in [2.75, 3.05) is 0 Å². The Morgan fingerprint density at radius 2 is 1.76 bits per heavy atom. The summed E-state index contributed by atoms with van der Waals surface area (Å²) in [5, 5.41) is 11.1. The molecule has 1 aromatic rings. The fourth-order valence-electron chi connectivity index (χ4n) is 2.50. The smallest absolute Gasteiger partial charge is 0.155 e. The van der Waals surface area contributed by atoms with Crippen LogP contribution in [-0.4, -0.2) is 5.78 Å². The molecule has 0 spiro atoms. The van der Waals surface area contributed by atoms with Gasteiger partial charge in [0, 0.05) is 11.3 Å². The van der Waals surface area contributed by atoms with Crippen molar-refractivity contribution < 1.29 is 4.79 Å². The van der Waals surface area contributed by atoms with E-state index in [9.17, 15) is 4.79 Å².